The molecule has 1 fully saturated rings. The van der Waals surface area contributed by atoms with Gasteiger partial charge in [0.2, 0.25) is 5.89 Å². The van der Waals surface area contributed by atoms with E-state index in [1.807, 2.05) is 4.90 Å². The molecule has 2 aromatic rings. The molecule has 0 spiro atoms. The van der Waals surface area contributed by atoms with E-state index in [9.17, 15) is 31.4 Å². The van der Waals surface area contributed by atoms with Gasteiger partial charge in [-0.05, 0) is 44.1 Å². The summed E-state index contributed by atoms with van der Waals surface area (Å²) in [6.45, 7) is 3.90. The summed E-state index contributed by atoms with van der Waals surface area (Å²) < 4.78 is 89.7. The van der Waals surface area contributed by atoms with Crippen molar-refractivity contribution in [2.75, 3.05) is 37.7 Å². The molecule has 1 aromatic carbocycles. The van der Waals surface area contributed by atoms with Crippen molar-refractivity contribution in [3.05, 3.63) is 41.5 Å². The number of nitrogens with zero attached hydrogens (tertiary/aromatic N) is 4. The molecule has 0 bridgehead atoms. The number of morpholine rings is 1. The molecule has 1 aliphatic rings. The first-order valence-electron chi connectivity index (χ1n) is 10.7. The van der Waals surface area contributed by atoms with E-state index in [0.717, 1.165) is 12.1 Å². The minimum atomic E-state index is -5.96. The number of aliphatic hydroxyl groups is 1. The average molecular weight is 527 g/mol. The van der Waals surface area contributed by atoms with Gasteiger partial charge in [0.1, 0.15) is 0 Å². The lowest BCUT2D eigenvalue weighted by Gasteiger charge is -2.36. The van der Waals surface area contributed by atoms with Crippen molar-refractivity contribution < 1.29 is 40.7 Å². The normalized spacial score (nSPS) is 15.4. The second kappa shape index (κ2) is 10.7. The molecule has 2 heterocycles. The molecule has 0 atom stereocenters. The van der Waals surface area contributed by atoms with E-state index >= 15 is 0 Å². The van der Waals surface area contributed by atoms with Crippen molar-refractivity contribution in [1.29, 1.82) is 0 Å². The fourth-order valence-electron chi connectivity index (χ4n) is 3.62. The van der Waals surface area contributed by atoms with Gasteiger partial charge in [-0.3, -0.25) is 0 Å². The molecule has 1 N–H and O–H groups in total. The Morgan fingerprint density at radius 3 is 2.17 bits per heavy atom. The van der Waals surface area contributed by atoms with Gasteiger partial charge in [-0.1, -0.05) is 17.3 Å². The van der Waals surface area contributed by atoms with Crippen LogP contribution in [0.2, 0.25) is 0 Å². The zero-order valence-electron chi connectivity index (χ0n) is 18.7. The number of hydrogen-bond acceptors (Lipinski definition) is 6. The Kier molecular flexibility index (Phi) is 8.27. The summed E-state index contributed by atoms with van der Waals surface area (Å²) in [5.74, 6) is 0.973. The molecule has 3 rings (SSSR count). The Hall–Kier alpha value is -2.45. The number of unbranched alkanes of at least 4 members (excludes halogenated alkanes) is 1. The van der Waals surface area contributed by atoms with Crippen LogP contribution < -0.4 is 4.90 Å². The summed E-state index contributed by atoms with van der Waals surface area (Å²) in [5, 5.41) is 13.7. The first kappa shape index (κ1) is 27.1. The maximum absolute atomic E-state index is 13.2. The maximum Gasteiger partial charge on any atom is 0.430 e. The third-order valence-electron chi connectivity index (χ3n) is 5.52. The summed E-state index contributed by atoms with van der Waals surface area (Å²) in [6.07, 6.45) is -10.2. The Labute approximate surface area is 202 Å². The van der Waals surface area contributed by atoms with Crippen LogP contribution in [0.1, 0.15) is 30.1 Å². The van der Waals surface area contributed by atoms with Crippen LogP contribution in [0, 0.1) is 6.92 Å². The van der Waals surface area contributed by atoms with Crippen LogP contribution in [0.25, 0.3) is 0 Å². The Balaban J connectivity index is 1.81. The number of thiocarbonyl (C=S) groups is 1. The van der Waals surface area contributed by atoms with Crippen LogP contribution >= 0.6 is 12.2 Å². The van der Waals surface area contributed by atoms with Gasteiger partial charge in [-0.25, -0.2) is 0 Å². The Morgan fingerprint density at radius 1 is 1.06 bits per heavy atom. The minimum absolute atomic E-state index is 0.297. The lowest BCUT2D eigenvalue weighted by molar-refractivity contribution is -0.376. The van der Waals surface area contributed by atoms with Crippen LogP contribution in [0.3, 0.4) is 0 Å². The zero-order valence-corrected chi connectivity index (χ0v) is 19.5. The Morgan fingerprint density at radius 2 is 1.66 bits per heavy atom. The molecule has 1 saturated heterocycles. The van der Waals surface area contributed by atoms with Crippen LogP contribution in [-0.2, 0) is 16.8 Å². The van der Waals surface area contributed by atoms with Gasteiger partial charge >= 0.3 is 12.4 Å². The van der Waals surface area contributed by atoms with Gasteiger partial charge in [-0.2, -0.15) is 31.3 Å². The molecule has 35 heavy (non-hydrogen) atoms. The van der Waals surface area contributed by atoms with E-state index in [4.69, 9.17) is 21.5 Å². The van der Waals surface area contributed by atoms with E-state index in [-0.39, 0.29) is 0 Å². The molecule has 194 valence electrons. The van der Waals surface area contributed by atoms with Crippen LogP contribution in [0.15, 0.2) is 28.8 Å². The molecule has 0 aliphatic carbocycles. The lowest BCUT2D eigenvalue weighted by Crippen LogP contribution is -2.54. The number of rotatable bonds is 7. The summed E-state index contributed by atoms with van der Waals surface area (Å²) in [5.41, 5.74) is -6.02. The first-order chi connectivity index (χ1) is 16.3. The van der Waals surface area contributed by atoms with Crippen LogP contribution in [-0.4, -0.2) is 70.5 Å². The average Bonchev–Trinajstić information content (AvgIpc) is 3.22. The van der Waals surface area contributed by atoms with Crippen molar-refractivity contribution in [1.82, 2.24) is 15.0 Å². The summed E-state index contributed by atoms with van der Waals surface area (Å²) in [4.78, 5) is 7.62. The molecular formula is C21H24F6N4O3S. The third kappa shape index (κ3) is 6.04. The van der Waals surface area contributed by atoms with Gasteiger partial charge in [0.25, 0.3) is 5.60 Å². The quantitative estimate of drug-likeness (QED) is 0.328. The molecule has 0 amide bonds. The second-order valence-electron chi connectivity index (χ2n) is 7.98. The van der Waals surface area contributed by atoms with E-state index < -0.39 is 23.5 Å². The lowest BCUT2D eigenvalue weighted by atomic mass is 9.92. The fourth-order valence-corrected chi connectivity index (χ4v) is 4.00. The summed E-state index contributed by atoms with van der Waals surface area (Å²) in [6, 6.07) is 3.41. The summed E-state index contributed by atoms with van der Waals surface area (Å²) in [7, 11) is 0. The highest BCUT2D eigenvalue weighted by molar-refractivity contribution is 7.80. The van der Waals surface area contributed by atoms with E-state index in [1.54, 1.807) is 11.8 Å². The van der Waals surface area contributed by atoms with Crippen LogP contribution in [0.5, 0.6) is 0 Å². The monoisotopic (exact) mass is 526 g/mol. The molecule has 14 heteroatoms. The van der Waals surface area contributed by atoms with Crippen molar-refractivity contribution in [2.45, 2.75) is 44.1 Å². The van der Waals surface area contributed by atoms with Crippen molar-refractivity contribution in [3.63, 3.8) is 0 Å². The smallest absolute Gasteiger partial charge is 0.378 e. The molecule has 0 unspecified atom stereocenters. The number of alkyl halides is 6. The molecule has 7 nitrogen and oxygen atoms in total. The summed E-state index contributed by atoms with van der Waals surface area (Å²) >= 11 is 5.59. The highest BCUT2D eigenvalue weighted by Crippen LogP contribution is 2.50. The number of anilines is 1. The number of aromatic nitrogens is 2. The van der Waals surface area contributed by atoms with E-state index in [1.165, 1.54) is 0 Å². The van der Waals surface area contributed by atoms with E-state index in [0.29, 0.717) is 86.8 Å². The molecule has 0 radical (unpaired) electrons. The highest BCUT2D eigenvalue weighted by Gasteiger charge is 2.71. The number of benzene rings is 1. The van der Waals surface area contributed by atoms with Gasteiger partial charge < -0.3 is 24.2 Å². The number of aryl methyl sites for hydroxylation is 2. The SMILES string of the molecule is Cc1noc(CCCCN(C(=S)N2CCOCC2)c2ccc(C(O)(C(F)(F)F)C(F)(F)F)cc2)n1. The van der Waals surface area contributed by atoms with Crippen LogP contribution in [0.4, 0.5) is 32.0 Å². The standard InChI is InChI=1S/C21H24F6N4O3S/c1-14-28-17(34-29-14)4-2-3-9-31(18(35)30-10-12-33-13-11-30)16-7-5-15(6-8-16)19(32,20(22,23)24)21(25,26)27/h5-8,32H,2-4,9-13H2,1H3. The predicted molar refractivity (Wildman–Crippen MR) is 117 cm³/mol. The number of ether oxygens (including phenoxy) is 1. The predicted octanol–water partition coefficient (Wildman–Crippen LogP) is 4.14. The molecule has 1 aromatic heterocycles. The van der Waals surface area contributed by atoms with Gasteiger partial charge in [-0.15, -0.1) is 0 Å². The second-order valence-corrected chi connectivity index (χ2v) is 8.34. The zero-order chi connectivity index (χ0) is 25.9. The third-order valence-corrected chi connectivity index (χ3v) is 6.00. The van der Waals surface area contributed by atoms with Crippen molar-refractivity contribution >= 4 is 23.0 Å². The first-order valence-corrected chi connectivity index (χ1v) is 11.1. The molecule has 0 saturated carbocycles. The van der Waals surface area contributed by atoms with Gasteiger partial charge in [0, 0.05) is 37.3 Å². The topological polar surface area (TPSA) is 74.9 Å². The fraction of sp³-hybridized carbons (Fsp3) is 0.571. The maximum atomic E-state index is 13.2. The largest absolute Gasteiger partial charge is 0.430 e. The number of hydrogen-bond donors (Lipinski definition) is 1. The highest BCUT2D eigenvalue weighted by atomic mass is 32.1. The molecule has 1 aliphatic heterocycles. The van der Waals surface area contributed by atoms with Crippen molar-refractivity contribution in [2.24, 2.45) is 0 Å². The Bertz CT molecular complexity index is 976. The van der Waals surface area contributed by atoms with Crippen molar-refractivity contribution in [3.8, 4) is 0 Å². The number of halogens is 6. The van der Waals surface area contributed by atoms with E-state index in [2.05, 4.69) is 10.1 Å². The van der Waals surface area contributed by atoms with Gasteiger partial charge in [0.15, 0.2) is 10.9 Å². The molecular weight excluding hydrogens is 502 g/mol. The van der Waals surface area contributed by atoms with Gasteiger partial charge in [0.05, 0.1) is 13.2 Å². The minimum Gasteiger partial charge on any atom is -0.378 e.